The summed E-state index contributed by atoms with van der Waals surface area (Å²) >= 11 is 5.97. The average molecular weight is 518 g/mol. The van der Waals surface area contributed by atoms with Gasteiger partial charge in [-0.15, -0.1) is 0 Å². The van der Waals surface area contributed by atoms with Gasteiger partial charge in [-0.1, -0.05) is 42.2 Å². The van der Waals surface area contributed by atoms with E-state index in [9.17, 15) is 30.3 Å². The number of amides is 1. The summed E-state index contributed by atoms with van der Waals surface area (Å²) in [5.74, 6) is -3.05. The van der Waals surface area contributed by atoms with E-state index in [2.05, 4.69) is 10.3 Å². The number of halogens is 1. The number of carbonyl (C=O) groups is 1. The second-order valence-corrected chi connectivity index (χ2v) is 9.61. The summed E-state index contributed by atoms with van der Waals surface area (Å²) < 4.78 is 4.57. The molecule has 3 atom stereocenters. The number of non-ortho nitro benzene ring substituents is 1. The van der Waals surface area contributed by atoms with Crippen LogP contribution >= 0.6 is 11.6 Å². The highest BCUT2D eigenvalue weighted by Gasteiger charge is 2.72. The fourth-order valence-electron chi connectivity index (χ4n) is 4.41. The molecule has 0 saturated carbocycles. The van der Waals surface area contributed by atoms with Crippen LogP contribution in [0.3, 0.4) is 0 Å². The Labute approximate surface area is 211 Å². The molecule has 0 spiro atoms. The minimum absolute atomic E-state index is 0.0236. The first kappa shape index (κ1) is 25.7. The van der Waals surface area contributed by atoms with Crippen molar-refractivity contribution in [3.05, 3.63) is 74.3 Å². The molecular formula is C24H26ClN4O7+. The Balaban J connectivity index is 1.75. The predicted octanol–water partition coefficient (Wildman–Crippen LogP) is 3.32. The molecule has 1 amide bonds. The zero-order valence-electron chi connectivity index (χ0n) is 19.8. The first-order chi connectivity index (χ1) is 16.9. The van der Waals surface area contributed by atoms with Gasteiger partial charge in [-0.3, -0.25) is 19.6 Å². The molecule has 11 nitrogen and oxygen atoms in total. The number of nitro benzene ring substituents is 1. The molecule has 36 heavy (non-hydrogen) atoms. The highest BCUT2D eigenvalue weighted by atomic mass is 35.5. The van der Waals surface area contributed by atoms with E-state index in [1.165, 1.54) is 43.3 Å². The van der Waals surface area contributed by atoms with Crippen LogP contribution in [0.5, 0.6) is 5.75 Å². The number of quaternary nitrogens is 1. The number of rotatable bonds is 7. The van der Waals surface area contributed by atoms with Crippen LogP contribution in [-0.4, -0.2) is 55.3 Å². The summed E-state index contributed by atoms with van der Waals surface area (Å²) in [5, 5.41) is 47.4. The lowest BCUT2D eigenvalue weighted by molar-refractivity contribution is -1.11. The fraction of sp³-hybridized carbons (Fsp3) is 0.333. The Hall–Kier alpha value is -3.35. The maximum absolute atomic E-state index is 13.1. The van der Waals surface area contributed by atoms with Crippen molar-refractivity contribution in [2.24, 2.45) is 10.9 Å². The summed E-state index contributed by atoms with van der Waals surface area (Å²) in [6.07, 6.45) is -1.35. The van der Waals surface area contributed by atoms with Crippen LogP contribution in [0.4, 0.5) is 5.69 Å². The molecule has 190 valence electrons. The predicted molar refractivity (Wildman–Crippen MR) is 130 cm³/mol. The van der Waals surface area contributed by atoms with Crippen LogP contribution in [0.2, 0.25) is 5.02 Å². The number of amidine groups is 1. The Morgan fingerprint density at radius 2 is 2.06 bits per heavy atom. The molecule has 3 unspecified atom stereocenters. The number of hydrogen-bond donors (Lipinski definition) is 4. The monoisotopic (exact) mass is 517 g/mol. The Morgan fingerprint density at radius 1 is 1.33 bits per heavy atom. The van der Waals surface area contributed by atoms with Crippen molar-refractivity contribution in [2.45, 2.75) is 39.3 Å². The van der Waals surface area contributed by atoms with Gasteiger partial charge in [0.25, 0.3) is 11.6 Å². The summed E-state index contributed by atoms with van der Waals surface area (Å²) in [6.45, 7) is 5.13. The van der Waals surface area contributed by atoms with E-state index in [0.717, 1.165) is 0 Å². The Bertz CT molecular complexity index is 1310. The molecule has 0 aromatic heterocycles. The molecule has 1 fully saturated rings. The van der Waals surface area contributed by atoms with Crippen molar-refractivity contribution in [3.63, 3.8) is 0 Å². The lowest BCUT2D eigenvalue weighted by Crippen LogP contribution is -2.78. The maximum atomic E-state index is 13.1. The van der Waals surface area contributed by atoms with Gasteiger partial charge in [-0.2, -0.15) is 4.99 Å². The van der Waals surface area contributed by atoms with E-state index in [1.54, 1.807) is 6.07 Å². The summed E-state index contributed by atoms with van der Waals surface area (Å²) in [6, 6.07) is 10.0. The van der Waals surface area contributed by atoms with Gasteiger partial charge in [0, 0.05) is 47.7 Å². The van der Waals surface area contributed by atoms with Crippen molar-refractivity contribution >= 4 is 34.7 Å². The molecule has 0 bridgehead atoms. The number of phenolic OH excluding ortho intramolecular Hbond substituents is 1. The number of carbonyl (C=O) groups excluding carboxylic acids is 1. The number of aromatic hydroxyl groups is 1. The minimum Gasteiger partial charge on any atom is -0.508 e. The fourth-order valence-corrected chi connectivity index (χ4v) is 4.61. The lowest BCUT2D eigenvalue weighted by atomic mass is 9.89. The van der Waals surface area contributed by atoms with E-state index in [-0.39, 0.29) is 53.1 Å². The molecule has 2 aliphatic heterocycles. The first-order valence-electron chi connectivity index (χ1n) is 11.2. The molecule has 1 saturated heterocycles. The van der Waals surface area contributed by atoms with Crippen molar-refractivity contribution in [1.82, 2.24) is 5.32 Å². The van der Waals surface area contributed by atoms with Crippen molar-refractivity contribution in [1.29, 1.82) is 0 Å². The first-order valence-corrected chi connectivity index (χ1v) is 11.6. The van der Waals surface area contributed by atoms with Gasteiger partial charge in [0.05, 0.1) is 10.6 Å². The molecule has 2 aromatic carbocycles. The van der Waals surface area contributed by atoms with Gasteiger partial charge in [0.2, 0.25) is 5.84 Å². The van der Waals surface area contributed by atoms with Crippen LogP contribution in [0, 0.1) is 16.0 Å². The van der Waals surface area contributed by atoms with Crippen LogP contribution in [0.15, 0.2) is 53.0 Å². The van der Waals surface area contributed by atoms with Crippen LogP contribution in [0.25, 0.3) is 5.70 Å². The molecule has 2 aromatic rings. The lowest BCUT2D eigenvalue weighted by Gasteiger charge is -2.53. The number of fused-ring (bicyclic) bond motifs is 1. The van der Waals surface area contributed by atoms with Crippen LogP contribution in [0.1, 0.15) is 31.9 Å². The van der Waals surface area contributed by atoms with E-state index >= 15 is 0 Å². The highest BCUT2D eigenvalue weighted by molar-refractivity contribution is 6.30. The molecule has 2 heterocycles. The van der Waals surface area contributed by atoms with Gasteiger partial charge >= 0.3 is 5.91 Å². The molecular weight excluding hydrogens is 492 g/mol. The minimum atomic E-state index is -2.32. The molecule has 4 rings (SSSR count). The maximum Gasteiger partial charge on any atom is 0.384 e. The van der Waals surface area contributed by atoms with E-state index < -0.39 is 27.5 Å². The molecule has 4 N–H and O–H groups in total. The number of aliphatic hydroxyl groups is 1. The molecule has 0 aliphatic carbocycles. The number of aliphatic imine (C=N–C) groups is 1. The topological polar surface area (TPSA) is 155 Å². The largest absolute Gasteiger partial charge is 0.508 e. The number of nitrogens with zero attached hydrogens (tertiary/aromatic N) is 3. The third kappa shape index (κ3) is 4.25. The Kier molecular flexibility index (Phi) is 6.62. The van der Waals surface area contributed by atoms with Crippen molar-refractivity contribution in [3.8, 4) is 5.75 Å². The van der Waals surface area contributed by atoms with Crippen LogP contribution in [-0.2, 0) is 16.1 Å². The Morgan fingerprint density at radius 3 is 2.72 bits per heavy atom. The summed E-state index contributed by atoms with van der Waals surface area (Å²) in [5.41, 5.74) is 0.517. The normalized spacial score (nSPS) is 25.2. The highest BCUT2D eigenvalue weighted by Crippen LogP contribution is 2.50. The standard InChI is InChI=1S/C24H25ClN4O7/c1-13(2)12-29(35)14(3)27-21(15-5-4-6-18(10-15)28(33)34)20-22(36-24(20,29)32)23(31)26-11-16-9-17(25)7-8-19(16)30/h4-10,13,22,32,35H,11-12H2,1-3H3,(H-,26,30,31)/p+1. The zero-order chi connectivity index (χ0) is 26.4. The summed E-state index contributed by atoms with van der Waals surface area (Å²) in [7, 11) is 0. The van der Waals surface area contributed by atoms with Crippen molar-refractivity contribution in [2.75, 3.05) is 6.54 Å². The second kappa shape index (κ2) is 9.26. The number of benzene rings is 2. The number of nitrogens with one attached hydrogen (secondary N) is 1. The molecule has 12 heteroatoms. The number of nitro groups is 1. The van der Waals surface area contributed by atoms with Gasteiger partial charge < -0.3 is 15.5 Å². The third-order valence-electron chi connectivity index (χ3n) is 6.15. The quantitative estimate of drug-likeness (QED) is 0.249. The second-order valence-electron chi connectivity index (χ2n) is 9.17. The summed E-state index contributed by atoms with van der Waals surface area (Å²) in [4.78, 5) is 28.4. The average Bonchev–Trinajstić information content (AvgIpc) is 2.80. The van der Waals surface area contributed by atoms with Crippen LogP contribution < -0.4 is 5.32 Å². The van der Waals surface area contributed by atoms with E-state index in [0.29, 0.717) is 10.6 Å². The van der Waals surface area contributed by atoms with Crippen molar-refractivity contribution < 1.29 is 34.5 Å². The van der Waals surface area contributed by atoms with Gasteiger partial charge in [-0.25, -0.2) is 5.21 Å². The number of hydrogen-bond acceptors (Lipinski definition) is 8. The number of ether oxygens (including phenoxy) is 1. The van der Waals surface area contributed by atoms with Gasteiger partial charge in [0.1, 0.15) is 17.9 Å². The number of hydroxylamine groups is 3. The third-order valence-corrected chi connectivity index (χ3v) is 6.39. The van der Waals surface area contributed by atoms with Gasteiger partial charge in [-0.05, 0) is 18.2 Å². The smallest absolute Gasteiger partial charge is 0.384 e. The van der Waals surface area contributed by atoms with E-state index in [1.807, 2.05) is 13.8 Å². The van der Waals surface area contributed by atoms with Gasteiger partial charge in [0.15, 0.2) is 6.10 Å². The zero-order valence-corrected chi connectivity index (χ0v) is 20.6. The number of phenols is 1. The SMILES string of the molecule is CC1=NC(c2cccc([N+](=O)[O-])c2)=C2C(C(=O)NCc3cc(Cl)ccc3O)OC2(O)[N+]1(O)CC(C)C. The van der Waals surface area contributed by atoms with E-state index in [4.69, 9.17) is 16.3 Å². The molecule has 0 radical (unpaired) electrons. The molecule has 2 aliphatic rings.